The highest BCUT2D eigenvalue weighted by atomic mass is 16.8. The predicted octanol–water partition coefficient (Wildman–Crippen LogP) is 0.408. The van der Waals surface area contributed by atoms with Crippen LogP contribution in [-0.2, 0) is 33.2 Å². The average molecular weight is 372 g/mol. The van der Waals surface area contributed by atoms with Gasteiger partial charge >= 0.3 is 0 Å². The second-order valence-electron chi connectivity index (χ2n) is 7.90. The van der Waals surface area contributed by atoms with Gasteiger partial charge in [-0.2, -0.15) is 0 Å². The van der Waals surface area contributed by atoms with Crippen LogP contribution in [0.3, 0.4) is 0 Å². The summed E-state index contributed by atoms with van der Waals surface area (Å²) in [6.45, 7) is 3.30. The summed E-state index contributed by atoms with van der Waals surface area (Å²) in [6, 6.07) is 0. The van der Waals surface area contributed by atoms with E-state index in [0.29, 0.717) is 19.8 Å². The van der Waals surface area contributed by atoms with Crippen LogP contribution in [0.15, 0.2) is 0 Å². The van der Waals surface area contributed by atoms with Crippen molar-refractivity contribution >= 4 is 0 Å². The first-order valence-electron chi connectivity index (χ1n) is 9.86. The van der Waals surface area contributed by atoms with Crippen molar-refractivity contribution in [3.05, 3.63) is 0 Å². The van der Waals surface area contributed by atoms with Crippen LogP contribution >= 0.6 is 0 Å². The molecule has 8 heteroatoms. The molecular weight excluding hydrogens is 344 g/mol. The average Bonchev–Trinajstić information content (AvgIpc) is 3.40. The molecule has 0 aromatic rings. The maximum absolute atomic E-state index is 10.7. The zero-order valence-corrected chi connectivity index (χ0v) is 14.9. The molecule has 0 saturated carbocycles. The fraction of sp³-hybridized carbons (Fsp3) is 1.00. The van der Waals surface area contributed by atoms with Crippen molar-refractivity contribution in [1.29, 1.82) is 0 Å². The van der Waals surface area contributed by atoms with Gasteiger partial charge < -0.3 is 38.3 Å². The van der Waals surface area contributed by atoms with Crippen molar-refractivity contribution < 1.29 is 38.3 Å². The van der Waals surface area contributed by atoms with E-state index in [0.717, 1.165) is 38.9 Å². The zero-order chi connectivity index (χ0) is 17.5. The van der Waals surface area contributed by atoms with Gasteiger partial charge in [0.2, 0.25) is 0 Å². The van der Waals surface area contributed by atoms with Crippen LogP contribution in [0.1, 0.15) is 25.7 Å². The van der Waals surface area contributed by atoms with E-state index in [1.54, 1.807) is 0 Å². The largest absolute Gasteiger partial charge is 0.387 e. The predicted molar refractivity (Wildman–Crippen MR) is 86.1 cm³/mol. The van der Waals surface area contributed by atoms with Gasteiger partial charge in [0, 0.05) is 25.0 Å². The van der Waals surface area contributed by atoms with Crippen LogP contribution in [0.2, 0.25) is 0 Å². The van der Waals surface area contributed by atoms with E-state index in [1.165, 1.54) is 0 Å². The molecule has 148 valence electrons. The molecule has 9 unspecified atom stereocenters. The minimum absolute atomic E-state index is 0.199. The number of aliphatic hydroxyl groups excluding tert-OH is 1. The maximum atomic E-state index is 10.7. The van der Waals surface area contributed by atoms with E-state index in [2.05, 4.69) is 0 Å². The van der Waals surface area contributed by atoms with Gasteiger partial charge in [0.1, 0.15) is 24.4 Å². The Kier molecular flexibility index (Phi) is 5.19. The van der Waals surface area contributed by atoms with E-state index < -0.39 is 24.6 Å². The van der Waals surface area contributed by atoms with E-state index >= 15 is 0 Å². The lowest BCUT2D eigenvalue weighted by atomic mass is 10.0. The van der Waals surface area contributed by atoms with Gasteiger partial charge in [-0.05, 0) is 25.7 Å². The second-order valence-corrected chi connectivity index (χ2v) is 7.90. The van der Waals surface area contributed by atoms with E-state index in [9.17, 15) is 5.11 Å². The molecule has 0 radical (unpaired) electrons. The standard InChI is InChI=1S/C18H28O8/c19-13-14(12-9-22-16(23-12)10-3-1-5-20-7-10)24-18-15(13)25-17(26-18)11-4-2-6-21-8-11/h10-19H,1-9H2. The SMILES string of the molecule is OC1C(C2COC(C3CCCOC3)O2)OC2OC(C3CCCOC3)OC21. The number of ether oxygens (including phenoxy) is 7. The lowest BCUT2D eigenvalue weighted by Crippen LogP contribution is -2.42. The Morgan fingerprint density at radius 3 is 2.00 bits per heavy atom. The second kappa shape index (κ2) is 7.60. The molecule has 9 atom stereocenters. The Balaban J connectivity index is 1.16. The van der Waals surface area contributed by atoms with Gasteiger partial charge in [0.15, 0.2) is 18.9 Å². The van der Waals surface area contributed by atoms with Gasteiger partial charge in [0.25, 0.3) is 0 Å². The smallest absolute Gasteiger partial charge is 0.190 e. The lowest BCUT2D eigenvalue weighted by molar-refractivity contribution is -0.215. The minimum atomic E-state index is -0.788. The van der Waals surface area contributed by atoms with Gasteiger partial charge in [-0.15, -0.1) is 0 Å². The molecule has 26 heavy (non-hydrogen) atoms. The summed E-state index contributed by atoms with van der Waals surface area (Å²) in [4.78, 5) is 0. The molecule has 0 bridgehead atoms. The summed E-state index contributed by atoms with van der Waals surface area (Å²) in [6.07, 6.45) is 0.796. The Labute approximate surface area is 153 Å². The van der Waals surface area contributed by atoms with Gasteiger partial charge in [-0.1, -0.05) is 0 Å². The molecule has 0 aromatic heterocycles. The Bertz CT molecular complexity index is 478. The summed E-state index contributed by atoms with van der Waals surface area (Å²) < 4.78 is 40.7. The molecule has 0 spiro atoms. The molecule has 0 amide bonds. The van der Waals surface area contributed by atoms with Crippen LogP contribution in [0.4, 0.5) is 0 Å². The Hall–Kier alpha value is -0.320. The number of rotatable bonds is 3. The van der Waals surface area contributed by atoms with E-state index in [1.807, 2.05) is 0 Å². The van der Waals surface area contributed by atoms with E-state index in [4.69, 9.17) is 33.2 Å². The molecule has 5 saturated heterocycles. The van der Waals surface area contributed by atoms with Crippen molar-refractivity contribution in [1.82, 2.24) is 0 Å². The molecule has 0 aliphatic carbocycles. The highest BCUT2D eigenvalue weighted by Crippen LogP contribution is 2.39. The quantitative estimate of drug-likeness (QED) is 0.763. The third-order valence-corrected chi connectivity index (χ3v) is 6.05. The highest BCUT2D eigenvalue weighted by Gasteiger charge is 2.56. The fourth-order valence-electron chi connectivity index (χ4n) is 4.58. The van der Waals surface area contributed by atoms with Crippen LogP contribution in [-0.4, -0.2) is 81.4 Å². The molecular formula is C18H28O8. The molecule has 5 rings (SSSR count). The number of hydrogen-bond donors (Lipinski definition) is 1. The summed E-state index contributed by atoms with van der Waals surface area (Å²) in [5.41, 5.74) is 0. The molecule has 5 fully saturated rings. The lowest BCUT2D eigenvalue weighted by Gasteiger charge is -2.29. The third-order valence-electron chi connectivity index (χ3n) is 6.05. The van der Waals surface area contributed by atoms with Crippen molar-refractivity contribution in [2.24, 2.45) is 11.8 Å². The van der Waals surface area contributed by atoms with Crippen LogP contribution in [0.25, 0.3) is 0 Å². The minimum Gasteiger partial charge on any atom is -0.387 e. The van der Waals surface area contributed by atoms with Gasteiger partial charge in [-0.25, -0.2) is 0 Å². The van der Waals surface area contributed by atoms with Gasteiger partial charge in [-0.3, -0.25) is 0 Å². The molecule has 5 heterocycles. The first-order valence-corrected chi connectivity index (χ1v) is 9.86. The molecule has 1 N–H and O–H groups in total. The first kappa shape index (κ1) is 17.8. The van der Waals surface area contributed by atoms with E-state index in [-0.39, 0.29) is 30.5 Å². The first-order chi connectivity index (χ1) is 12.8. The van der Waals surface area contributed by atoms with Crippen LogP contribution in [0.5, 0.6) is 0 Å². The molecule has 5 aliphatic rings. The third kappa shape index (κ3) is 3.31. The highest BCUT2D eigenvalue weighted by molar-refractivity contribution is 4.97. The maximum Gasteiger partial charge on any atom is 0.190 e. The van der Waals surface area contributed by atoms with Crippen LogP contribution < -0.4 is 0 Å². The summed E-state index contributed by atoms with van der Waals surface area (Å²) in [7, 11) is 0. The van der Waals surface area contributed by atoms with Gasteiger partial charge in [0.05, 0.1) is 19.8 Å². The topological polar surface area (TPSA) is 84.8 Å². The number of aliphatic hydroxyl groups is 1. The summed E-state index contributed by atoms with van der Waals surface area (Å²) in [5, 5.41) is 10.7. The van der Waals surface area contributed by atoms with Crippen LogP contribution in [0, 0.1) is 11.8 Å². The van der Waals surface area contributed by atoms with Crippen molar-refractivity contribution in [3.8, 4) is 0 Å². The molecule has 0 aromatic carbocycles. The number of fused-ring (bicyclic) bond motifs is 1. The zero-order valence-electron chi connectivity index (χ0n) is 14.9. The van der Waals surface area contributed by atoms with Crippen molar-refractivity contribution in [2.45, 2.75) is 69.0 Å². The number of hydrogen-bond acceptors (Lipinski definition) is 8. The summed E-state index contributed by atoms with van der Waals surface area (Å²) in [5.74, 6) is 0.445. The van der Waals surface area contributed by atoms with Crippen molar-refractivity contribution in [2.75, 3.05) is 33.0 Å². The molecule has 5 aliphatic heterocycles. The molecule has 8 nitrogen and oxygen atoms in total. The normalized spacial score (nSPS) is 52.3. The monoisotopic (exact) mass is 372 g/mol. The Morgan fingerprint density at radius 2 is 1.35 bits per heavy atom. The fourth-order valence-corrected chi connectivity index (χ4v) is 4.58. The van der Waals surface area contributed by atoms with Crippen molar-refractivity contribution in [3.63, 3.8) is 0 Å². The Morgan fingerprint density at radius 1 is 0.654 bits per heavy atom. The summed E-state index contributed by atoms with van der Waals surface area (Å²) >= 11 is 0.